The standard InChI is InChI=1S/C12H19NO7S/c1-7(14)13-11(12(17)18)6-21-5-10(20-9(3)16)4-19-8(2)15/h10-11H,4-6H2,1-3H3,(H,13,14)(H,17,18). The van der Waals surface area contributed by atoms with Crippen molar-refractivity contribution in [3.8, 4) is 0 Å². The van der Waals surface area contributed by atoms with Gasteiger partial charge in [-0.3, -0.25) is 14.4 Å². The predicted molar refractivity (Wildman–Crippen MR) is 74.8 cm³/mol. The molecule has 0 fully saturated rings. The molecule has 2 N–H and O–H groups in total. The number of carboxylic acids is 1. The molecule has 9 heteroatoms. The summed E-state index contributed by atoms with van der Waals surface area (Å²) in [5, 5.41) is 11.2. The van der Waals surface area contributed by atoms with E-state index in [1.807, 2.05) is 0 Å². The van der Waals surface area contributed by atoms with E-state index < -0.39 is 36.0 Å². The summed E-state index contributed by atoms with van der Waals surface area (Å²) in [7, 11) is 0. The van der Waals surface area contributed by atoms with E-state index >= 15 is 0 Å². The van der Waals surface area contributed by atoms with Gasteiger partial charge in [0.15, 0.2) is 0 Å². The number of rotatable bonds is 9. The van der Waals surface area contributed by atoms with Gasteiger partial charge in [0, 0.05) is 32.3 Å². The summed E-state index contributed by atoms with van der Waals surface area (Å²) in [6, 6.07) is -1.03. The molecule has 2 atom stereocenters. The van der Waals surface area contributed by atoms with Crippen LogP contribution >= 0.6 is 11.8 Å². The first kappa shape index (κ1) is 19.2. The van der Waals surface area contributed by atoms with E-state index in [0.717, 1.165) is 0 Å². The molecule has 0 bridgehead atoms. The van der Waals surface area contributed by atoms with Crippen LogP contribution in [0.3, 0.4) is 0 Å². The quantitative estimate of drug-likeness (QED) is 0.561. The molecule has 0 radical (unpaired) electrons. The van der Waals surface area contributed by atoms with Crippen molar-refractivity contribution in [2.75, 3.05) is 18.1 Å². The Hall–Kier alpha value is -1.77. The zero-order valence-electron chi connectivity index (χ0n) is 12.1. The summed E-state index contributed by atoms with van der Waals surface area (Å²) in [5.74, 6) is -2.27. The number of carbonyl (C=O) groups is 4. The summed E-state index contributed by atoms with van der Waals surface area (Å²) in [6.45, 7) is 3.58. The monoisotopic (exact) mass is 321 g/mol. The molecule has 0 saturated heterocycles. The van der Waals surface area contributed by atoms with Crippen molar-refractivity contribution in [3.05, 3.63) is 0 Å². The van der Waals surface area contributed by atoms with Crippen molar-refractivity contribution in [1.29, 1.82) is 0 Å². The summed E-state index contributed by atoms with van der Waals surface area (Å²) in [6.07, 6.45) is -0.664. The number of aliphatic carboxylic acids is 1. The summed E-state index contributed by atoms with van der Waals surface area (Å²) in [4.78, 5) is 43.4. The number of hydrogen-bond donors (Lipinski definition) is 2. The third kappa shape index (κ3) is 10.7. The lowest BCUT2D eigenvalue weighted by Crippen LogP contribution is -2.41. The van der Waals surface area contributed by atoms with Crippen LogP contribution < -0.4 is 5.32 Å². The van der Waals surface area contributed by atoms with Crippen molar-refractivity contribution < 1.29 is 33.8 Å². The van der Waals surface area contributed by atoms with Gasteiger partial charge < -0.3 is 19.9 Å². The second-order valence-corrected chi connectivity index (χ2v) is 5.24. The van der Waals surface area contributed by atoms with Gasteiger partial charge in [0.2, 0.25) is 5.91 Å². The van der Waals surface area contributed by atoms with E-state index in [4.69, 9.17) is 14.6 Å². The highest BCUT2D eigenvalue weighted by atomic mass is 32.2. The van der Waals surface area contributed by atoms with Crippen LogP contribution in [-0.2, 0) is 28.7 Å². The average molecular weight is 321 g/mol. The molecular formula is C12H19NO7S. The molecule has 0 heterocycles. The number of hydrogen-bond acceptors (Lipinski definition) is 7. The van der Waals surface area contributed by atoms with Crippen molar-refractivity contribution >= 4 is 35.6 Å². The van der Waals surface area contributed by atoms with Crippen molar-refractivity contribution in [2.45, 2.75) is 32.9 Å². The molecule has 1 amide bonds. The molecule has 0 aromatic carbocycles. The van der Waals surface area contributed by atoms with E-state index in [1.165, 1.54) is 32.5 Å². The van der Waals surface area contributed by atoms with Crippen LogP contribution in [0.25, 0.3) is 0 Å². The van der Waals surface area contributed by atoms with E-state index in [-0.39, 0.29) is 18.1 Å². The van der Waals surface area contributed by atoms with Crippen molar-refractivity contribution in [3.63, 3.8) is 0 Å². The Labute approximate surface area is 126 Å². The van der Waals surface area contributed by atoms with Crippen LogP contribution in [0.2, 0.25) is 0 Å². The number of ether oxygens (including phenoxy) is 2. The first-order valence-electron chi connectivity index (χ1n) is 6.10. The molecule has 0 aliphatic carbocycles. The molecule has 120 valence electrons. The van der Waals surface area contributed by atoms with Gasteiger partial charge >= 0.3 is 17.9 Å². The van der Waals surface area contributed by atoms with Crippen LogP contribution in [0.1, 0.15) is 20.8 Å². The van der Waals surface area contributed by atoms with Crippen LogP contribution in [0.4, 0.5) is 0 Å². The van der Waals surface area contributed by atoms with E-state index in [0.29, 0.717) is 0 Å². The van der Waals surface area contributed by atoms with Gasteiger partial charge in [-0.15, -0.1) is 0 Å². The maximum Gasteiger partial charge on any atom is 0.327 e. The van der Waals surface area contributed by atoms with Gasteiger partial charge in [-0.05, 0) is 0 Å². The molecule has 0 rings (SSSR count). The Morgan fingerprint density at radius 2 is 1.71 bits per heavy atom. The zero-order valence-corrected chi connectivity index (χ0v) is 12.9. The first-order valence-corrected chi connectivity index (χ1v) is 7.26. The fraction of sp³-hybridized carbons (Fsp3) is 0.667. The maximum absolute atomic E-state index is 10.9. The third-order valence-electron chi connectivity index (χ3n) is 2.07. The summed E-state index contributed by atoms with van der Waals surface area (Å²) in [5.41, 5.74) is 0. The molecule has 21 heavy (non-hydrogen) atoms. The van der Waals surface area contributed by atoms with Gasteiger partial charge in [-0.2, -0.15) is 11.8 Å². The molecule has 0 aliphatic rings. The second kappa shape index (κ2) is 10.0. The number of carboxylic acid groups (broad SMARTS) is 1. The smallest absolute Gasteiger partial charge is 0.327 e. The number of nitrogens with one attached hydrogen (secondary N) is 1. The maximum atomic E-state index is 10.9. The summed E-state index contributed by atoms with van der Waals surface area (Å²) >= 11 is 1.17. The number of carbonyl (C=O) groups excluding carboxylic acids is 3. The number of thioether (sulfide) groups is 1. The van der Waals surface area contributed by atoms with Crippen LogP contribution in [0, 0.1) is 0 Å². The number of esters is 2. The highest BCUT2D eigenvalue weighted by Crippen LogP contribution is 2.09. The van der Waals surface area contributed by atoms with Gasteiger partial charge in [0.05, 0.1) is 0 Å². The van der Waals surface area contributed by atoms with Crippen LogP contribution in [-0.4, -0.2) is 59.2 Å². The van der Waals surface area contributed by atoms with Gasteiger partial charge in [-0.25, -0.2) is 4.79 Å². The lowest BCUT2D eigenvalue weighted by Gasteiger charge is -2.18. The lowest BCUT2D eigenvalue weighted by atomic mass is 10.3. The summed E-state index contributed by atoms with van der Waals surface area (Å²) < 4.78 is 9.71. The highest BCUT2D eigenvalue weighted by molar-refractivity contribution is 7.99. The molecule has 8 nitrogen and oxygen atoms in total. The molecule has 0 aromatic rings. The zero-order chi connectivity index (χ0) is 16.4. The minimum absolute atomic E-state index is 0.0974. The molecule has 2 unspecified atom stereocenters. The van der Waals surface area contributed by atoms with E-state index in [9.17, 15) is 19.2 Å². The van der Waals surface area contributed by atoms with Crippen LogP contribution in [0.15, 0.2) is 0 Å². The number of amides is 1. The molecule has 0 aliphatic heterocycles. The Kier molecular flexibility index (Phi) is 9.18. The Bertz CT molecular complexity index is 399. The largest absolute Gasteiger partial charge is 0.480 e. The normalized spacial score (nSPS) is 12.9. The second-order valence-electron chi connectivity index (χ2n) is 4.16. The first-order chi connectivity index (χ1) is 9.72. The lowest BCUT2D eigenvalue weighted by molar-refractivity contribution is -0.154. The minimum atomic E-state index is -1.15. The molecular weight excluding hydrogens is 302 g/mol. The van der Waals surface area contributed by atoms with Gasteiger partial charge in [0.25, 0.3) is 0 Å². The fourth-order valence-corrected chi connectivity index (χ4v) is 2.32. The predicted octanol–water partition coefficient (Wildman–Crippen LogP) is -0.196. The van der Waals surface area contributed by atoms with E-state index in [1.54, 1.807) is 0 Å². The molecule has 0 saturated carbocycles. The Morgan fingerprint density at radius 1 is 1.10 bits per heavy atom. The highest BCUT2D eigenvalue weighted by Gasteiger charge is 2.20. The molecule has 0 spiro atoms. The third-order valence-corrected chi connectivity index (χ3v) is 3.25. The average Bonchev–Trinajstić information content (AvgIpc) is 2.33. The van der Waals surface area contributed by atoms with Crippen LogP contribution in [0.5, 0.6) is 0 Å². The molecule has 0 aromatic heterocycles. The Morgan fingerprint density at radius 3 is 2.14 bits per heavy atom. The fourth-order valence-electron chi connectivity index (χ4n) is 1.30. The Balaban J connectivity index is 4.31. The van der Waals surface area contributed by atoms with Gasteiger partial charge in [-0.1, -0.05) is 0 Å². The SMILES string of the molecule is CC(=O)NC(CSCC(COC(C)=O)OC(C)=O)C(=O)O. The minimum Gasteiger partial charge on any atom is -0.480 e. The van der Waals surface area contributed by atoms with Crippen molar-refractivity contribution in [1.82, 2.24) is 5.32 Å². The van der Waals surface area contributed by atoms with Crippen molar-refractivity contribution in [2.24, 2.45) is 0 Å². The van der Waals surface area contributed by atoms with E-state index in [2.05, 4.69) is 5.32 Å². The topological polar surface area (TPSA) is 119 Å². The van der Waals surface area contributed by atoms with Gasteiger partial charge in [0.1, 0.15) is 18.8 Å².